The van der Waals surface area contributed by atoms with Crippen molar-refractivity contribution < 1.29 is 5.11 Å². The van der Waals surface area contributed by atoms with E-state index in [9.17, 15) is 5.11 Å². The third kappa shape index (κ3) is 3.75. The number of piperazine rings is 1. The molecule has 0 atom stereocenters. The minimum Gasteiger partial charge on any atom is -0.395 e. The minimum absolute atomic E-state index is 0.205. The molecule has 0 unspecified atom stereocenters. The molecule has 0 spiro atoms. The van der Waals surface area contributed by atoms with Crippen molar-refractivity contribution >= 4 is 39.0 Å². The Morgan fingerprint density at radius 2 is 1.83 bits per heavy atom. The molecule has 29 heavy (non-hydrogen) atoms. The first-order chi connectivity index (χ1) is 14.2. The second kappa shape index (κ2) is 8.19. The average Bonchev–Trinajstić information content (AvgIpc) is 3.17. The molecule has 5 nitrogen and oxygen atoms in total. The van der Waals surface area contributed by atoms with Crippen molar-refractivity contribution in [2.75, 3.05) is 44.2 Å². The number of benzene rings is 1. The van der Waals surface area contributed by atoms with Gasteiger partial charge >= 0.3 is 0 Å². The summed E-state index contributed by atoms with van der Waals surface area (Å²) in [4.78, 5) is 14.7. The largest absolute Gasteiger partial charge is 0.395 e. The smallest absolute Gasteiger partial charge is 0.225 e. The molecule has 0 bridgehead atoms. The quantitative estimate of drug-likeness (QED) is 0.636. The maximum Gasteiger partial charge on any atom is 0.225 e. The number of thiophene rings is 1. The summed E-state index contributed by atoms with van der Waals surface area (Å²) in [6.07, 6.45) is 4.95. The molecule has 1 N–H and O–H groups in total. The van der Waals surface area contributed by atoms with E-state index in [4.69, 9.17) is 11.6 Å². The van der Waals surface area contributed by atoms with Crippen LogP contribution in [0.3, 0.4) is 0 Å². The Kier molecular flexibility index (Phi) is 5.43. The Bertz CT molecular complexity index is 1030. The summed E-state index contributed by atoms with van der Waals surface area (Å²) in [5, 5.41) is 12.8. The molecule has 3 aromatic rings. The van der Waals surface area contributed by atoms with Crippen LogP contribution >= 0.6 is 22.9 Å². The fraction of sp³-hybridized carbons (Fsp3) is 0.455. The number of aliphatic hydroxyl groups excluding tert-OH is 1. The lowest BCUT2D eigenvalue weighted by atomic mass is 9.89. The molecule has 1 aliphatic carbocycles. The highest BCUT2D eigenvalue weighted by molar-refractivity contribution is 7.17. The molecule has 1 fully saturated rings. The summed E-state index contributed by atoms with van der Waals surface area (Å²) in [7, 11) is 0. The van der Waals surface area contributed by atoms with Crippen molar-refractivity contribution in [1.29, 1.82) is 0 Å². The Morgan fingerprint density at radius 3 is 2.62 bits per heavy atom. The van der Waals surface area contributed by atoms with Crippen LogP contribution in [0, 0.1) is 0 Å². The maximum absolute atomic E-state index is 9.21. The van der Waals surface area contributed by atoms with Gasteiger partial charge < -0.3 is 10.0 Å². The highest BCUT2D eigenvalue weighted by atomic mass is 35.5. The van der Waals surface area contributed by atoms with Crippen LogP contribution in [-0.4, -0.2) is 59.3 Å². The molecule has 3 heterocycles. The number of aromatic nitrogens is 2. The van der Waals surface area contributed by atoms with Crippen LogP contribution < -0.4 is 4.90 Å². The standard InChI is InChI=1S/C22H25ClN4OS/c23-22-24-20(27-9-7-26(8-10-27)11-12-28)19-18(14-29-21(19)25-22)17-6-5-15-3-1-2-4-16(15)13-17/h5-6,13-14,28H,1-4,7-12H2. The molecule has 152 valence electrons. The summed E-state index contributed by atoms with van der Waals surface area (Å²) in [5.74, 6) is 0.942. The minimum atomic E-state index is 0.205. The van der Waals surface area contributed by atoms with Gasteiger partial charge in [-0.2, -0.15) is 4.98 Å². The first-order valence-corrected chi connectivity index (χ1v) is 11.6. The molecule has 2 aromatic heterocycles. The van der Waals surface area contributed by atoms with Gasteiger partial charge in [-0.1, -0.05) is 18.2 Å². The fourth-order valence-electron chi connectivity index (χ4n) is 4.57. The maximum atomic E-state index is 9.21. The summed E-state index contributed by atoms with van der Waals surface area (Å²) >= 11 is 7.93. The molecular formula is C22H25ClN4OS. The zero-order valence-corrected chi connectivity index (χ0v) is 18.0. The monoisotopic (exact) mass is 428 g/mol. The van der Waals surface area contributed by atoms with E-state index in [1.807, 2.05) is 0 Å². The van der Waals surface area contributed by atoms with Gasteiger partial charge in [-0.3, -0.25) is 4.90 Å². The highest BCUT2D eigenvalue weighted by Gasteiger charge is 2.23. The number of β-amino-alcohol motifs (C(OH)–C–C–N with tert-alkyl or cyclic N) is 1. The number of anilines is 1. The lowest BCUT2D eigenvalue weighted by molar-refractivity contribution is 0.188. The second-order valence-corrected chi connectivity index (χ2v) is 9.08. The number of aryl methyl sites for hydroxylation is 2. The fourth-order valence-corrected chi connectivity index (χ4v) is 5.72. The third-order valence-electron chi connectivity index (χ3n) is 6.13. The van der Waals surface area contributed by atoms with Crippen molar-refractivity contribution in [2.24, 2.45) is 0 Å². The topological polar surface area (TPSA) is 52.5 Å². The molecule has 0 radical (unpaired) electrons. The summed E-state index contributed by atoms with van der Waals surface area (Å²) < 4.78 is 0. The van der Waals surface area contributed by atoms with Crippen LogP contribution in [-0.2, 0) is 12.8 Å². The van der Waals surface area contributed by atoms with Gasteiger partial charge in [0.15, 0.2) is 0 Å². The SMILES string of the molecule is OCCN1CCN(c2nc(Cl)nc3scc(-c4ccc5c(c4)CCCC5)c23)CC1. The zero-order valence-electron chi connectivity index (χ0n) is 16.4. The van der Waals surface area contributed by atoms with E-state index in [2.05, 4.69) is 43.3 Å². The number of aliphatic hydroxyl groups is 1. The lowest BCUT2D eigenvalue weighted by Crippen LogP contribution is -2.47. The van der Waals surface area contributed by atoms with Gasteiger partial charge in [-0.25, -0.2) is 4.98 Å². The second-order valence-electron chi connectivity index (χ2n) is 7.89. The van der Waals surface area contributed by atoms with Crippen LogP contribution in [0.1, 0.15) is 24.0 Å². The summed E-state index contributed by atoms with van der Waals surface area (Å²) in [6, 6.07) is 6.92. The van der Waals surface area contributed by atoms with Crippen LogP contribution in [0.4, 0.5) is 5.82 Å². The molecule has 1 saturated heterocycles. The predicted molar refractivity (Wildman–Crippen MR) is 120 cm³/mol. The van der Waals surface area contributed by atoms with Gasteiger partial charge in [0.1, 0.15) is 10.6 Å². The molecule has 1 aromatic carbocycles. The van der Waals surface area contributed by atoms with Gasteiger partial charge in [-0.15, -0.1) is 11.3 Å². The number of hydrogen-bond acceptors (Lipinski definition) is 6. The first kappa shape index (κ1) is 19.2. The molecule has 1 aliphatic heterocycles. The number of nitrogens with zero attached hydrogens (tertiary/aromatic N) is 4. The van der Waals surface area contributed by atoms with Crippen molar-refractivity contribution in [2.45, 2.75) is 25.7 Å². The van der Waals surface area contributed by atoms with E-state index >= 15 is 0 Å². The van der Waals surface area contributed by atoms with Crippen LogP contribution in [0.15, 0.2) is 23.6 Å². The summed E-state index contributed by atoms with van der Waals surface area (Å²) in [6.45, 7) is 4.52. The number of rotatable bonds is 4. The molecule has 0 saturated carbocycles. The number of hydrogen-bond donors (Lipinski definition) is 1. The van der Waals surface area contributed by atoms with Crippen LogP contribution in [0.25, 0.3) is 21.3 Å². The Balaban J connectivity index is 1.55. The van der Waals surface area contributed by atoms with Gasteiger partial charge in [0, 0.05) is 43.7 Å². The molecule has 7 heteroatoms. The Hall–Kier alpha value is -1.73. The van der Waals surface area contributed by atoms with Gasteiger partial charge in [0.05, 0.1) is 12.0 Å². The number of halogens is 1. The van der Waals surface area contributed by atoms with Crippen molar-refractivity contribution in [3.8, 4) is 11.1 Å². The van der Waals surface area contributed by atoms with Gasteiger partial charge in [-0.05, 0) is 54.0 Å². The van der Waals surface area contributed by atoms with E-state index in [1.165, 1.54) is 47.9 Å². The van der Waals surface area contributed by atoms with Crippen molar-refractivity contribution in [3.63, 3.8) is 0 Å². The lowest BCUT2D eigenvalue weighted by Gasteiger charge is -2.35. The summed E-state index contributed by atoms with van der Waals surface area (Å²) in [5.41, 5.74) is 5.45. The van der Waals surface area contributed by atoms with E-state index in [0.717, 1.165) is 48.8 Å². The zero-order chi connectivity index (χ0) is 19.8. The first-order valence-electron chi connectivity index (χ1n) is 10.4. The molecule has 2 aliphatic rings. The van der Waals surface area contributed by atoms with Gasteiger partial charge in [0.25, 0.3) is 0 Å². The van der Waals surface area contributed by atoms with E-state index in [-0.39, 0.29) is 6.61 Å². The van der Waals surface area contributed by atoms with E-state index in [0.29, 0.717) is 5.28 Å². The Morgan fingerprint density at radius 1 is 1.03 bits per heavy atom. The van der Waals surface area contributed by atoms with Crippen LogP contribution in [0.2, 0.25) is 5.28 Å². The van der Waals surface area contributed by atoms with E-state index < -0.39 is 0 Å². The van der Waals surface area contributed by atoms with Gasteiger partial charge in [0.2, 0.25) is 5.28 Å². The molecule has 0 amide bonds. The number of fused-ring (bicyclic) bond motifs is 2. The molecule has 5 rings (SSSR count). The Labute approximate surface area is 180 Å². The predicted octanol–water partition coefficient (Wildman–Crippen LogP) is 4.00. The van der Waals surface area contributed by atoms with E-state index in [1.54, 1.807) is 11.3 Å². The highest BCUT2D eigenvalue weighted by Crippen LogP contribution is 2.40. The normalized spacial score (nSPS) is 17.7. The molecular weight excluding hydrogens is 404 g/mol. The third-order valence-corrected chi connectivity index (χ3v) is 7.18. The average molecular weight is 429 g/mol. The van der Waals surface area contributed by atoms with Crippen molar-refractivity contribution in [1.82, 2.24) is 14.9 Å². The van der Waals surface area contributed by atoms with Crippen molar-refractivity contribution in [3.05, 3.63) is 40.0 Å². The van der Waals surface area contributed by atoms with Crippen LogP contribution in [0.5, 0.6) is 0 Å².